The Morgan fingerprint density at radius 1 is 0.897 bits per heavy atom. The molecule has 0 bridgehead atoms. The van der Waals surface area contributed by atoms with Gasteiger partial charge in [-0.15, -0.1) is 0 Å². The first-order chi connectivity index (χ1) is 19.1. The zero-order valence-electron chi connectivity index (χ0n) is 23.1. The van der Waals surface area contributed by atoms with Gasteiger partial charge >= 0.3 is 0 Å². The lowest BCUT2D eigenvalue weighted by atomic mass is 9.67. The van der Waals surface area contributed by atoms with Crippen molar-refractivity contribution in [3.63, 3.8) is 0 Å². The first kappa shape index (κ1) is 24.0. The first-order valence-electron chi connectivity index (χ1n) is 14.4. The van der Waals surface area contributed by atoms with Crippen molar-refractivity contribution in [2.45, 2.75) is 59.0 Å². The Labute approximate surface area is 230 Å². The fraction of sp³-hybridized carbons (Fsp3) is 0.286. The van der Waals surface area contributed by atoms with Crippen molar-refractivity contribution < 1.29 is 4.42 Å². The van der Waals surface area contributed by atoms with E-state index in [0.29, 0.717) is 0 Å². The molecule has 0 saturated carbocycles. The molecule has 0 radical (unpaired) electrons. The Bertz CT molecular complexity index is 1710. The van der Waals surface area contributed by atoms with Crippen molar-refractivity contribution in [1.82, 2.24) is 4.98 Å². The van der Waals surface area contributed by atoms with E-state index in [1.807, 2.05) is 12.3 Å². The average Bonchev–Trinajstić information content (AvgIpc) is 3.53. The van der Waals surface area contributed by atoms with E-state index in [9.17, 15) is 0 Å². The number of nitrogens with zero attached hydrogens (tertiary/aromatic N) is 3. The van der Waals surface area contributed by atoms with Crippen molar-refractivity contribution in [3.05, 3.63) is 96.7 Å². The van der Waals surface area contributed by atoms with Gasteiger partial charge in [-0.2, -0.15) is 0 Å². The van der Waals surface area contributed by atoms with E-state index in [1.165, 1.54) is 34.9 Å². The molecule has 3 aromatic carbocycles. The third-order valence-electron chi connectivity index (χ3n) is 9.20. The van der Waals surface area contributed by atoms with Gasteiger partial charge < -0.3 is 14.2 Å². The minimum absolute atomic E-state index is 0.00118. The lowest BCUT2D eigenvalue weighted by molar-refractivity contribution is 0.295. The number of rotatable bonds is 6. The quantitative estimate of drug-likeness (QED) is 0.226. The zero-order valence-corrected chi connectivity index (χ0v) is 23.1. The monoisotopic (exact) mass is 513 g/mol. The van der Waals surface area contributed by atoms with Gasteiger partial charge in [-0.1, -0.05) is 70.2 Å². The molecule has 7 rings (SSSR count). The number of fused-ring (bicyclic) bond motifs is 9. The molecule has 4 nitrogen and oxygen atoms in total. The highest BCUT2D eigenvalue weighted by molar-refractivity contribution is 6.13. The van der Waals surface area contributed by atoms with Crippen LogP contribution in [-0.4, -0.2) is 11.1 Å². The van der Waals surface area contributed by atoms with Gasteiger partial charge in [-0.25, -0.2) is 4.98 Å². The van der Waals surface area contributed by atoms with Gasteiger partial charge in [0.2, 0.25) is 0 Å². The zero-order chi connectivity index (χ0) is 26.7. The Morgan fingerprint density at radius 3 is 2.46 bits per heavy atom. The molecule has 0 amide bonds. The van der Waals surface area contributed by atoms with E-state index in [-0.39, 0.29) is 11.6 Å². The third-order valence-corrected chi connectivity index (χ3v) is 9.20. The Hall–Kier alpha value is -4.05. The maximum atomic E-state index is 6.80. The topological polar surface area (TPSA) is 32.5 Å². The van der Waals surface area contributed by atoms with Crippen molar-refractivity contribution in [3.8, 4) is 0 Å². The molecule has 0 fully saturated rings. The predicted octanol–water partition coefficient (Wildman–Crippen LogP) is 9.77. The van der Waals surface area contributed by atoms with E-state index in [1.54, 1.807) is 0 Å². The maximum absolute atomic E-state index is 6.80. The number of aromatic nitrogens is 1. The Morgan fingerprint density at radius 2 is 1.69 bits per heavy atom. The summed E-state index contributed by atoms with van der Waals surface area (Å²) in [6.07, 6.45) is 7.30. The highest BCUT2D eigenvalue weighted by Crippen LogP contribution is 2.63. The summed E-state index contributed by atoms with van der Waals surface area (Å²) in [5, 5.41) is 2.32. The minimum atomic E-state index is -0.170. The molecular weight excluding hydrogens is 478 g/mol. The highest BCUT2D eigenvalue weighted by Gasteiger charge is 2.55. The number of aryl methyl sites for hydroxylation is 1. The molecule has 0 N–H and O–H groups in total. The second-order valence-corrected chi connectivity index (χ2v) is 11.0. The molecule has 196 valence electrons. The fourth-order valence-corrected chi connectivity index (χ4v) is 7.07. The highest BCUT2D eigenvalue weighted by atomic mass is 16.3. The summed E-state index contributed by atoms with van der Waals surface area (Å²) in [6, 6.07) is 26.2. The van der Waals surface area contributed by atoms with Gasteiger partial charge in [0, 0.05) is 33.6 Å². The number of unbranched alkanes of at least 4 members (excludes halogenated alkanes) is 1. The van der Waals surface area contributed by atoms with Gasteiger partial charge in [0.1, 0.15) is 11.7 Å². The Balaban J connectivity index is 1.54. The summed E-state index contributed by atoms with van der Waals surface area (Å²) in [6.45, 7) is 11.6. The molecule has 4 heteroatoms. The van der Waals surface area contributed by atoms with Crippen LogP contribution in [0, 0.1) is 5.41 Å². The molecule has 2 aromatic heterocycles. The van der Waals surface area contributed by atoms with E-state index in [0.717, 1.165) is 58.7 Å². The van der Waals surface area contributed by atoms with E-state index in [4.69, 9.17) is 16.0 Å². The number of pyridine rings is 1. The molecule has 0 saturated heterocycles. The number of anilines is 4. The summed E-state index contributed by atoms with van der Waals surface area (Å²) in [5.74, 6) is 0.982. The van der Waals surface area contributed by atoms with Crippen LogP contribution in [0.15, 0.2) is 90.0 Å². The normalized spacial score (nSPS) is 17.5. The molecule has 2 aliphatic heterocycles. The van der Waals surface area contributed by atoms with Gasteiger partial charge in [0.25, 0.3) is 0 Å². The van der Waals surface area contributed by atoms with E-state index in [2.05, 4.69) is 97.3 Å². The molecule has 4 heterocycles. The number of hydrogen-bond donors (Lipinski definition) is 0. The van der Waals surface area contributed by atoms with Gasteiger partial charge in [-0.3, -0.25) is 0 Å². The molecule has 2 aliphatic rings. The van der Waals surface area contributed by atoms with Crippen molar-refractivity contribution in [2.24, 2.45) is 5.41 Å². The van der Waals surface area contributed by atoms with Crippen LogP contribution in [0.3, 0.4) is 0 Å². The van der Waals surface area contributed by atoms with Crippen LogP contribution in [0.1, 0.15) is 57.6 Å². The summed E-state index contributed by atoms with van der Waals surface area (Å²) in [7, 11) is 0. The lowest BCUT2D eigenvalue weighted by Gasteiger charge is -2.51. The van der Waals surface area contributed by atoms with Crippen LogP contribution >= 0.6 is 0 Å². The minimum Gasteiger partial charge on any atom is -0.454 e. The van der Waals surface area contributed by atoms with E-state index < -0.39 is 0 Å². The van der Waals surface area contributed by atoms with Crippen LogP contribution in [-0.2, 0) is 6.42 Å². The van der Waals surface area contributed by atoms with Crippen LogP contribution in [0.25, 0.3) is 27.5 Å². The summed E-state index contributed by atoms with van der Waals surface area (Å²) >= 11 is 0. The fourth-order valence-electron chi connectivity index (χ4n) is 7.07. The number of benzene rings is 3. The van der Waals surface area contributed by atoms with Crippen LogP contribution in [0.4, 0.5) is 22.9 Å². The average molecular weight is 514 g/mol. The Kier molecular flexibility index (Phi) is 5.55. The predicted molar refractivity (Wildman–Crippen MR) is 163 cm³/mol. The first-order valence-corrected chi connectivity index (χ1v) is 14.4. The van der Waals surface area contributed by atoms with Gasteiger partial charge in [0.15, 0.2) is 11.4 Å². The van der Waals surface area contributed by atoms with Crippen LogP contribution in [0.5, 0.6) is 0 Å². The number of hydrogen-bond acceptors (Lipinski definition) is 4. The molecule has 1 unspecified atom stereocenters. The molecule has 0 aliphatic carbocycles. The van der Waals surface area contributed by atoms with Gasteiger partial charge in [-0.05, 0) is 73.2 Å². The van der Waals surface area contributed by atoms with Crippen molar-refractivity contribution >= 4 is 50.4 Å². The lowest BCUT2D eigenvalue weighted by Crippen LogP contribution is -2.54. The summed E-state index contributed by atoms with van der Waals surface area (Å²) in [5.41, 5.74) is 8.79. The third kappa shape index (κ3) is 3.27. The molecular formula is C35H35N3O. The van der Waals surface area contributed by atoms with Gasteiger partial charge in [0.05, 0.1) is 11.4 Å². The second kappa shape index (κ2) is 9.01. The van der Waals surface area contributed by atoms with Crippen LogP contribution < -0.4 is 9.80 Å². The molecule has 39 heavy (non-hydrogen) atoms. The number of para-hydroxylation sites is 1. The summed E-state index contributed by atoms with van der Waals surface area (Å²) in [4.78, 5) is 9.90. The molecule has 5 aromatic rings. The van der Waals surface area contributed by atoms with Crippen molar-refractivity contribution in [1.29, 1.82) is 0 Å². The smallest absolute Gasteiger partial charge is 0.159 e. The van der Waals surface area contributed by atoms with Crippen LogP contribution in [0.2, 0.25) is 0 Å². The van der Waals surface area contributed by atoms with E-state index >= 15 is 0 Å². The number of furan rings is 1. The maximum Gasteiger partial charge on any atom is 0.159 e. The summed E-state index contributed by atoms with van der Waals surface area (Å²) < 4.78 is 6.80. The largest absolute Gasteiger partial charge is 0.454 e. The molecule has 0 spiro atoms. The van der Waals surface area contributed by atoms with Crippen molar-refractivity contribution in [2.75, 3.05) is 9.80 Å². The SMILES string of the molecule is C=C1c2ccc3c(oc4cc(CCCC)ccc43)c2N2c3cccnc3N(c3ccccc3)C2C1(CC)CC. The molecule has 1 atom stereocenters. The second-order valence-electron chi connectivity index (χ2n) is 11.0. The standard InChI is InChI=1S/C35H35N3O/c1-5-8-13-24-17-18-27-28-20-19-26-23(4)35(6-2,7-3)34-37(25-14-10-9-11-15-25)33-29(16-12-21-36-33)38(34)31(26)32(28)39-30(27)22-24/h9-12,14-22,34H,4-8,13H2,1-3H3.